The van der Waals surface area contributed by atoms with Gasteiger partial charge in [0.15, 0.2) is 0 Å². The molecule has 0 bridgehead atoms. The molecule has 0 aliphatic heterocycles. The summed E-state index contributed by atoms with van der Waals surface area (Å²) in [5.74, 6) is 0. The van der Waals surface area contributed by atoms with E-state index in [0.29, 0.717) is 0 Å². The lowest BCUT2D eigenvalue weighted by atomic mass is 10.0. The van der Waals surface area contributed by atoms with Crippen LogP contribution >= 0.6 is 15.9 Å². The van der Waals surface area contributed by atoms with Crippen molar-refractivity contribution in [2.45, 2.75) is 5.33 Å². The molecule has 0 amide bonds. The normalized spacial score (nSPS) is 10.7. The van der Waals surface area contributed by atoms with Crippen LogP contribution in [0.1, 0.15) is 5.56 Å². The van der Waals surface area contributed by atoms with Gasteiger partial charge in [0.1, 0.15) is 0 Å². The number of benzene rings is 2. The number of nitrogens with zero attached hydrogens (tertiary/aromatic N) is 1. The molecular weight excluding hydrogens is 286 g/mol. The second-order valence-electron chi connectivity index (χ2n) is 4.24. The number of aromatic nitrogens is 1. The van der Waals surface area contributed by atoms with Gasteiger partial charge in [-0.15, -0.1) is 0 Å². The second-order valence-corrected chi connectivity index (χ2v) is 4.80. The zero-order chi connectivity index (χ0) is 12.4. The molecule has 3 rings (SSSR count). The first-order chi connectivity index (χ1) is 8.86. The van der Waals surface area contributed by atoms with Crippen LogP contribution in [0, 0.1) is 0 Å². The van der Waals surface area contributed by atoms with E-state index >= 15 is 0 Å². The summed E-state index contributed by atoms with van der Waals surface area (Å²) in [7, 11) is 0. The summed E-state index contributed by atoms with van der Waals surface area (Å²) in [6.07, 6.45) is 1.83. The van der Waals surface area contributed by atoms with Crippen LogP contribution in [0.3, 0.4) is 0 Å². The lowest BCUT2D eigenvalue weighted by Gasteiger charge is -2.04. The molecule has 0 spiro atoms. The highest BCUT2D eigenvalue weighted by molar-refractivity contribution is 9.08. The van der Waals surface area contributed by atoms with Gasteiger partial charge in [-0.05, 0) is 34.9 Å². The molecule has 0 N–H and O–H groups in total. The van der Waals surface area contributed by atoms with E-state index in [1.165, 1.54) is 22.1 Å². The van der Waals surface area contributed by atoms with Crippen LogP contribution in [0.4, 0.5) is 0 Å². The Balaban J connectivity index is 2.07. The predicted octanol–water partition coefficient (Wildman–Crippen LogP) is 4.80. The molecule has 2 heteroatoms. The van der Waals surface area contributed by atoms with Crippen molar-refractivity contribution in [2.24, 2.45) is 0 Å². The highest BCUT2D eigenvalue weighted by Crippen LogP contribution is 2.24. The minimum atomic E-state index is 0.898. The van der Waals surface area contributed by atoms with Gasteiger partial charge in [0, 0.05) is 16.9 Å². The molecular formula is C16H12BrN. The third kappa shape index (κ3) is 2.16. The Hall–Kier alpha value is -1.67. The molecule has 0 aliphatic rings. The lowest BCUT2D eigenvalue weighted by Crippen LogP contribution is -1.82. The smallest absolute Gasteiger partial charge is 0.0702 e. The minimum Gasteiger partial charge on any atom is -0.256 e. The van der Waals surface area contributed by atoms with Crippen molar-refractivity contribution in [3.05, 3.63) is 66.4 Å². The Morgan fingerprint density at radius 2 is 1.67 bits per heavy atom. The third-order valence-corrected chi connectivity index (χ3v) is 3.69. The van der Waals surface area contributed by atoms with Gasteiger partial charge in [-0.25, -0.2) is 0 Å². The maximum absolute atomic E-state index is 4.34. The fourth-order valence-corrected chi connectivity index (χ4v) is 2.42. The van der Waals surface area contributed by atoms with Crippen molar-refractivity contribution in [2.75, 3.05) is 0 Å². The Labute approximate surface area is 115 Å². The van der Waals surface area contributed by atoms with Crippen LogP contribution in [-0.4, -0.2) is 4.98 Å². The fraction of sp³-hybridized carbons (Fsp3) is 0.0625. The quantitative estimate of drug-likeness (QED) is 0.619. The number of hydrogen-bond acceptors (Lipinski definition) is 1. The van der Waals surface area contributed by atoms with Crippen LogP contribution in [-0.2, 0) is 5.33 Å². The summed E-state index contributed by atoms with van der Waals surface area (Å²) >= 11 is 3.46. The van der Waals surface area contributed by atoms with Gasteiger partial charge >= 0.3 is 0 Å². The Kier molecular flexibility index (Phi) is 3.11. The molecule has 0 unspecified atom stereocenters. The topological polar surface area (TPSA) is 12.9 Å². The molecule has 88 valence electrons. The second kappa shape index (κ2) is 4.91. The highest BCUT2D eigenvalue weighted by atomic mass is 79.9. The van der Waals surface area contributed by atoms with Gasteiger partial charge in [-0.1, -0.05) is 52.3 Å². The summed E-state index contributed by atoms with van der Waals surface area (Å²) in [4.78, 5) is 4.34. The van der Waals surface area contributed by atoms with Gasteiger partial charge in [-0.2, -0.15) is 0 Å². The molecule has 0 atom stereocenters. The first-order valence-corrected chi connectivity index (χ1v) is 6.99. The average molecular weight is 298 g/mol. The van der Waals surface area contributed by atoms with Crippen LogP contribution in [0.2, 0.25) is 0 Å². The summed E-state index contributed by atoms with van der Waals surface area (Å²) in [6, 6.07) is 19.1. The van der Waals surface area contributed by atoms with Gasteiger partial charge in [-0.3, -0.25) is 4.98 Å². The number of rotatable bonds is 2. The standard InChI is InChI=1S/C16H12BrN/c17-11-12-3-5-13(6-4-12)14-7-8-16-15(10-14)2-1-9-18-16/h1-10H,11H2. The molecule has 1 nitrogen and oxygen atoms in total. The highest BCUT2D eigenvalue weighted by Gasteiger charge is 2.00. The number of fused-ring (bicyclic) bond motifs is 1. The van der Waals surface area contributed by atoms with Crippen molar-refractivity contribution in [1.82, 2.24) is 4.98 Å². The van der Waals surface area contributed by atoms with Gasteiger partial charge in [0.05, 0.1) is 5.52 Å². The number of pyridine rings is 1. The van der Waals surface area contributed by atoms with Crippen molar-refractivity contribution in [1.29, 1.82) is 0 Å². The molecule has 0 saturated carbocycles. The van der Waals surface area contributed by atoms with E-state index in [-0.39, 0.29) is 0 Å². The molecule has 3 aromatic rings. The average Bonchev–Trinajstić information content (AvgIpc) is 2.47. The summed E-state index contributed by atoms with van der Waals surface area (Å²) in [5, 5.41) is 2.08. The Morgan fingerprint density at radius 3 is 2.44 bits per heavy atom. The van der Waals surface area contributed by atoms with E-state index in [9.17, 15) is 0 Å². The van der Waals surface area contributed by atoms with Crippen molar-refractivity contribution < 1.29 is 0 Å². The molecule has 0 fully saturated rings. The molecule has 0 aliphatic carbocycles. The lowest BCUT2D eigenvalue weighted by molar-refractivity contribution is 1.41. The molecule has 0 saturated heterocycles. The Bertz CT molecular complexity index is 674. The summed E-state index contributed by atoms with van der Waals surface area (Å²) in [5.41, 5.74) is 4.81. The fourth-order valence-electron chi connectivity index (χ4n) is 2.04. The number of halogens is 1. The van der Waals surface area contributed by atoms with Gasteiger partial charge in [0.25, 0.3) is 0 Å². The number of hydrogen-bond donors (Lipinski definition) is 0. The largest absolute Gasteiger partial charge is 0.256 e. The van der Waals surface area contributed by atoms with Gasteiger partial charge < -0.3 is 0 Å². The van der Waals surface area contributed by atoms with E-state index < -0.39 is 0 Å². The summed E-state index contributed by atoms with van der Waals surface area (Å²) < 4.78 is 0. The Morgan fingerprint density at radius 1 is 0.889 bits per heavy atom. The molecule has 2 aromatic carbocycles. The third-order valence-electron chi connectivity index (χ3n) is 3.04. The SMILES string of the molecule is BrCc1ccc(-c2ccc3ncccc3c2)cc1. The first-order valence-electron chi connectivity index (χ1n) is 5.87. The first kappa shape index (κ1) is 11.4. The van der Waals surface area contributed by atoms with E-state index in [1.807, 2.05) is 12.3 Å². The monoisotopic (exact) mass is 297 g/mol. The maximum atomic E-state index is 4.34. The molecule has 18 heavy (non-hydrogen) atoms. The van der Waals surface area contributed by atoms with Crippen molar-refractivity contribution >= 4 is 26.8 Å². The van der Waals surface area contributed by atoms with Crippen LogP contribution < -0.4 is 0 Å². The molecule has 0 radical (unpaired) electrons. The van der Waals surface area contributed by atoms with E-state index in [0.717, 1.165) is 10.8 Å². The van der Waals surface area contributed by atoms with Crippen LogP contribution in [0.5, 0.6) is 0 Å². The number of alkyl halides is 1. The molecule has 1 heterocycles. The van der Waals surface area contributed by atoms with E-state index in [2.05, 4.69) is 69.4 Å². The summed E-state index contributed by atoms with van der Waals surface area (Å²) in [6.45, 7) is 0. The van der Waals surface area contributed by atoms with Crippen LogP contribution in [0.25, 0.3) is 22.0 Å². The van der Waals surface area contributed by atoms with Crippen molar-refractivity contribution in [3.8, 4) is 11.1 Å². The maximum Gasteiger partial charge on any atom is 0.0702 e. The zero-order valence-electron chi connectivity index (χ0n) is 9.81. The van der Waals surface area contributed by atoms with E-state index in [1.54, 1.807) is 0 Å². The zero-order valence-corrected chi connectivity index (χ0v) is 11.4. The predicted molar refractivity (Wildman–Crippen MR) is 79.8 cm³/mol. The van der Waals surface area contributed by atoms with E-state index in [4.69, 9.17) is 0 Å². The van der Waals surface area contributed by atoms with Gasteiger partial charge in [0.2, 0.25) is 0 Å². The van der Waals surface area contributed by atoms with Crippen molar-refractivity contribution in [3.63, 3.8) is 0 Å². The molecule has 1 aromatic heterocycles. The minimum absolute atomic E-state index is 0.898. The van der Waals surface area contributed by atoms with Crippen LogP contribution in [0.15, 0.2) is 60.8 Å².